The summed E-state index contributed by atoms with van der Waals surface area (Å²) in [6.07, 6.45) is 0. The first-order valence-electron chi connectivity index (χ1n) is 6.28. The van der Waals surface area contributed by atoms with Crippen LogP contribution in [0.1, 0.15) is 0 Å². The first-order chi connectivity index (χ1) is 9.92. The number of hydrogen-bond acceptors (Lipinski definition) is 6. The van der Waals surface area contributed by atoms with Gasteiger partial charge in [0.15, 0.2) is 0 Å². The number of hydrogen-bond donors (Lipinski definition) is 5. The molecule has 0 unspecified atom stereocenters. The monoisotopic (exact) mass is 323 g/mol. The lowest BCUT2D eigenvalue weighted by molar-refractivity contribution is 0.136. The largest absolute Gasteiger partial charge is 0.524 e. The topological polar surface area (TPSA) is 131 Å². The van der Waals surface area contributed by atoms with Gasteiger partial charge in [0.1, 0.15) is 5.75 Å². The quantitative estimate of drug-likeness (QED) is 0.402. The Labute approximate surface area is 123 Å². The summed E-state index contributed by atoms with van der Waals surface area (Å²) in [7, 11) is -4.39. The number of rotatable bonds is 8. The van der Waals surface area contributed by atoms with Crippen molar-refractivity contribution in [3.8, 4) is 5.75 Å². The highest BCUT2D eigenvalue weighted by molar-refractivity contribution is 7.46. The Kier molecular flexibility index (Phi) is 11.1. The average Bonchev–Trinajstić information content (AvgIpc) is 2.39. The van der Waals surface area contributed by atoms with E-state index in [2.05, 4.69) is 4.52 Å². The smallest absolute Gasteiger partial charge is 0.404 e. The van der Waals surface area contributed by atoms with Gasteiger partial charge in [0.05, 0.1) is 19.8 Å². The Morgan fingerprint density at radius 3 is 1.67 bits per heavy atom. The Morgan fingerprint density at radius 1 is 0.905 bits per heavy atom. The molecule has 0 amide bonds. The van der Waals surface area contributed by atoms with Crippen LogP contribution in [-0.2, 0) is 4.57 Å². The zero-order chi connectivity index (χ0) is 16.1. The molecule has 8 nitrogen and oxygen atoms in total. The van der Waals surface area contributed by atoms with Gasteiger partial charge in [0.2, 0.25) is 0 Å². The molecular weight excluding hydrogens is 301 g/mol. The van der Waals surface area contributed by atoms with Crippen molar-refractivity contribution in [2.24, 2.45) is 0 Å². The minimum absolute atomic E-state index is 0.0694. The second kappa shape index (κ2) is 11.6. The third-order valence-electron chi connectivity index (χ3n) is 2.22. The summed E-state index contributed by atoms with van der Waals surface area (Å²) < 4.78 is 14.5. The SMILES string of the molecule is O=P(O)(O)Oc1ccccc1.OCCN(CCO)CCO. The van der Waals surface area contributed by atoms with Crippen molar-refractivity contribution in [2.75, 3.05) is 39.5 Å². The molecule has 1 aromatic carbocycles. The van der Waals surface area contributed by atoms with Crippen molar-refractivity contribution in [2.45, 2.75) is 0 Å². The summed E-state index contributed by atoms with van der Waals surface area (Å²) in [4.78, 5) is 18.5. The van der Waals surface area contributed by atoms with Crippen LogP contribution in [0.3, 0.4) is 0 Å². The summed E-state index contributed by atoms with van der Waals surface area (Å²) in [5.41, 5.74) is 0. The van der Waals surface area contributed by atoms with E-state index in [-0.39, 0.29) is 25.6 Å². The van der Waals surface area contributed by atoms with Crippen molar-refractivity contribution in [1.29, 1.82) is 0 Å². The third-order valence-corrected chi connectivity index (χ3v) is 2.66. The van der Waals surface area contributed by atoms with Crippen molar-refractivity contribution < 1.29 is 34.2 Å². The number of aliphatic hydroxyl groups is 3. The predicted octanol–water partition coefficient (Wildman–Crippen LogP) is -0.577. The van der Waals surface area contributed by atoms with E-state index in [0.717, 1.165) is 0 Å². The summed E-state index contributed by atoms with van der Waals surface area (Å²) in [6.45, 7) is 1.75. The van der Waals surface area contributed by atoms with E-state index < -0.39 is 7.82 Å². The van der Waals surface area contributed by atoms with Crippen LogP contribution in [0, 0.1) is 0 Å². The summed E-state index contributed by atoms with van der Waals surface area (Å²) >= 11 is 0. The van der Waals surface area contributed by atoms with Gasteiger partial charge in [-0.3, -0.25) is 14.7 Å². The molecule has 0 aromatic heterocycles. The van der Waals surface area contributed by atoms with Gasteiger partial charge in [-0.25, -0.2) is 4.57 Å². The van der Waals surface area contributed by atoms with Crippen LogP contribution in [0.4, 0.5) is 0 Å². The first-order valence-corrected chi connectivity index (χ1v) is 7.81. The molecule has 0 fully saturated rings. The lowest BCUT2D eigenvalue weighted by atomic mass is 10.3. The fourth-order valence-corrected chi connectivity index (χ4v) is 1.77. The molecule has 0 spiro atoms. The third kappa shape index (κ3) is 12.5. The molecule has 5 N–H and O–H groups in total. The van der Waals surface area contributed by atoms with Gasteiger partial charge < -0.3 is 19.8 Å². The molecule has 0 saturated carbocycles. The first kappa shape index (κ1) is 20.0. The fourth-order valence-electron chi connectivity index (χ4n) is 1.38. The Hall–Kier alpha value is -0.990. The van der Waals surface area contributed by atoms with Crippen molar-refractivity contribution >= 4 is 7.82 Å². The molecule has 122 valence electrons. The Morgan fingerprint density at radius 2 is 1.33 bits per heavy atom. The van der Waals surface area contributed by atoms with Gasteiger partial charge in [-0.15, -0.1) is 0 Å². The normalized spacial score (nSPS) is 11.0. The second-order valence-electron chi connectivity index (χ2n) is 3.91. The molecule has 0 heterocycles. The van der Waals surface area contributed by atoms with E-state index in [0.29, 0.717) is 19.6 Å². The van der Waals surface area contributed by atoms with Gasteiger partial charge in [0, 0.05) is 19.6 Å². The second-order valence-corrected chi connectivity index (χ2v) is 5.07. The number of nitrogens with zero attached hydrogens (tertiary/aromatic N) is 1. The number of benzene rings is 1. The van der Waals surface area contributed by atoms with Gasteiger partial charge in [-0.05, 0) is 12.1 Å². The molecule has 0 aliphatic heterocycles. The predicted molar refractivity (Wildman–Crippen MR) is 76.8 cm³/mol. The number of aliphatic hydroxyl groups excluding tert-OH is 3. The Bertz CT molecular complexity index is 384. The highest BCUT2D eigenvalue weighted by Gasteiger charge is 2.14. The maximum Gasteiger partial charge on any atom is 0.524 e. The Balaban J connectivity index is 0.000000384. The molecule has 1 aromatic rings. The van der Waals surface area contributed by atoms with Crippen LogP contribution in [0.2, 0.25) is 0 Å². The lowest BCUT2D eigenvalue weighted by Gasteiger charge is -2.17. The summed E-state index contributed by atoms with van der Waals surface area (Å²) in [5.74, 6) is 0.167. The molecule has 0 aliphatic rings. The molecule has 0 bridgehead atoms. The molecule has 0 aliphatic carbocycles. The van der Waals surface area contributed by atoms with E-state index in [4.69, 9.17) is 25.1 Å². The van der Waals surface area contributed by atoms with Crippen molar-refractivity contribution in [3.05, 3.63) is 30.3 Å². The molecule has 0 saturated heterocycles. The zero-order valence-corrected chi connectivity index (χ0v) is 12.5. The number of phosphoric ester groups is 1. The van der Waals surface area contributed by atoms with E-state index in [9.17, 15) is 4.57 Å². The van der Waals surface area contributed by atoms with E-state index in [1.807, 2.05) is 0 Å². The van der Waals surface area contributed by atoms with Crippen LogP contribution >= 0.6 is 7.82 Å². The lowest BCUT2D eigenvalue weighted by Crippen LogP contribution is -2.32. The molecule has 0 atom stereocenters. The molecular formula is C12H22NO7P. The maximum atomic E-state index is 10.3. The highest BCUT2D eigenvalue weighted by Crippen LogP contribution is 2.36. The van der Waals surface area contributed by atoms with Gasteiger partial charge in [-0.2, -0.15) is 0 Å². The van der Waals surface area contributed by atoms with Gasteiger partial charge >= 0.3 is 7.82 Å². The zero-order valence-electron chi connectivity index (χ0n) is 11.6. The van der Waals surface area contributed by atoms with Crippen LogP contribution in [0.15, 0.2) is 30.3 Å². The van der Waals surface area contributed by atoms with Crippen molar-refractivity contribution in [1.82, 2.24) is 4.90 Å². The van der Waals surface area contributed by atoms with Crippen LogP contribution < -0.4 is 4.52 Å². The molecule has 0 radical (unpaired) electrons. The highest BCUT2D eigenvalue weighted by atomic mass is 31.2. The van der Waals surface area contributed by atoms with E-state index >= 15 is 0 Å². The number of para-hydroxylation sites is 1. The van der Waals surface area contributed by atoms with E-state index in [1.165, 1.54) is 12.1 Å². The van der Waals surface area contributed by atoms with Gasteiger partial charge in [-0.1, -0.05) is 18.2 Å². The van der Waals surface area contributed by atoms with Crippen molar-refractivity contribution in [3.63, 3.8) is 0 Å². The standard InChI is InChI=1S/C6H15NO3.C6H7O4P/c8-4-1-7(2-5-9)3-6-10;7-11(8,9)10-6-4-2-1-3-5-6/h8-10H,1-6H2;1-5H,(H2,7,8,9). The fraction of sp³-hybridized carbons (Fsp3) is 0.500. The molecule has 1 rings (SSSR count). The van der Waals surface area contributed by atoms with Crippen LogP contribution in [-0.4, -0.2) is 69.5 Å². The summed E-state index contributed by atoms with van der Waals surface area (Å²) in [5, 5.41) is 25.5. The average molecular weight is 323 g/mol. The number of phosphoric acid groups is 1. The minimum Gasteiger partial charge on any atom is -0.404 e. The minimum atomic E-state index is -4.39. The van der Waals surface area contributed by atoms with Gasteiger partial charge in [0.25, 0.3) is 0 Å². The molecule has 9 heteroatoms. The van der Waals surface area contributed by atoms with E-state index in [1.54, 1.807) is 23.1 Å². The van der Waals surface area contributed by atoms with Crippen LogP contribution in [0.5, 0.6) is 5.75 Å². The van der Waals surface area contributed by atoms with Crippen LogP contribution in [0.25, 0.3) is 0 Å². The summed E-state index contributed by atoms with van der Waals surface area (Å²) in [6, 6.07) is 7.93. The maximum absolute atomic E-state index is 10.3. The molecule has 21 heavy (non-hydrogen) atoms.